The van der Waals surface area contributed by atoms with Crippen LogP contribution in [0.2, 0.25) is 0 Å². The number of methoxy groups -OCH3 is 1. The number of benzene rings is 1. The van der Waals surface area contributed by atoms with Crippen LogP contribution in [0, 0.1) is 0 Å². The van der Waals surface area contributed by atoms with E-state index >= 15 is 0 Å². The first-order valence-electron chi connectivity index (χ1n) is 5.77. The summed E-state index contributed by atoms with van der Waals surface area (Å²) in [5.74, 6) is -0.281. The van der Waals surface area contributed by atoms with Crippen LogP contribution in [0.25, 0.3) is 10.9 Å². The Kier molecular flexibility index (Phi) is 3.66. The number of alkyl halides is 1. The molecule has 1 aromatic carbocycles. The van der Waals surface area contributed by atoms with Crippen LogP contribution in [-0.4, -0.2) is 21.1 Å². The number of hydrogen-bond acceptors (Lipinski definition) is 2. The quantitative estimate of drug-likeness (QED) is 0.477. The Hall–Kier alpha value is -1.04. The highest BCUT2D eigenvalue weighted by Gasteiger charge is 2.19. The zero-order valence-electron chi connectivity index (χ0n) is 10.7. The molecule has 0 spiro atoms. The fourth-order valence-corrected chi connectivity index (χ4v) is 2.42. The van der Waals surface area contributed by atoms with E-state index in [4.69, 9.17) is 4.74 Å². The Morgan fingerprint density at radius 1 is 1.39 bits per heavy atom. The van der Waals surface area contributed by atoms with E-state index in [2.05, 4.69) is 41.0 Å². The Labute approximate surface area is 120 Å². The summed E-state index contributed by atoms with van der Waals surface area (Å²) >= 11 is 2.41. The lowest BCUT2D eigenvalue weighted by Gasteiger charge is -2.17. The number of fused-ring (bicyclic) bond motifs is 1. The molecule has 0 fully saturated rings. The van der Waals surface area contributed by atoms with E-state index in [0.29, 0.717) is 5.56 Å². The zero-order valence-corrected chi connectivity index (χ0v) is 12.9. The average molecular weight is 357 g/mol. The maximum absolute atomic E-state index is 11.8. The molecule has 96 valence electrons. The van der Waals surface area contributed by atoms with Gasteiger partial charge in [0.05, 0.1) is 12.7 Å². The van der Waals surface area contributed by atoms with Crippen molar-refractivity contribution < 1.29 is 9.53 Å². The molecule has 2 rings (SSSR count). The van der Waals surface area contributed by atoms with Crippen molar-refractivity contribution in [2.45, 2.75) is 23.8 Å². The van der Waals surface area contributed by atoms with Gasteiger partial charge in [-0.15, -0.1) is 0 Å². The molecule has 0 bridgehead atoms. The molecule has 0 aliphatic heterocycles. The normalized spacial score (nSPS) is 11.8. The van der Waals surface area contributed by atoms with Crippen molar-refractivity contribution in [2.24, 2.45) is 0 Å². The predicted molar refractivity (Wildman–Crippen MR) is 81.4 cm³/mol. The monoisotopic (exact) mass is 357 g/mol. The van der Waals surface area contributed by atoms with Crippen molar-refractivity contribution in [1.29, 1.82) is 0 Å². The van der Waals surface area contributed by atoms with Crippen LogP contribution in [0.15, 0.2) is 30.5 Å². The third-order valence-electron chi connectivity index (χ3n) is 2.74. The maximum Gasteiger partial charge on any atom is 0.340 e. The fraction of sp³-hybridized carbons (Fsp3) is 0.357. The summed E-state index contributed by atoms with van der Waals surface area (Å²) in [4.78, 5) is 11.8. The number of rotatable bonds is 3. The Morgan fingerprint density at radius 2 is 2.06 bits per heavy atom. The second kappa shape index (κ2) is 4.91. The first kappa shape index (κ1) is 13.4. The predicted octanol–water partition coefficient (Wildman–Crippen LogP) is 3.64. The molecule has 0 aliphatic rings. The number of halogens is 1. The number of carbonyl (C=O) groups excluding carboxylic acids is 1. The lowest BCUT2D eigenvalue weighted by molar-refractivity contribution is 0.0602. The highest BCUT2D eigenvalue weighted by Crippen LogP contribution is 2.26. The molecule has 0 amide bonds. The molecule has 4 heteroatoms. The van der Waals surface area contributed by atoms with Gasteiger partial charge in [0.1, 0.15) is 0 Å². The molecule has 18 heavy (non-hydrogen) atoms. The van der Waals surface area contributed by atoms with Gasteiger partial charge in [-0.2, -0.15) is 0 Å². The van der Waals surface area contributed by atoms with Gasteiger partial charge in [-0.05, 0) is 19.9 Å². The Balaban J connectivity index is 2.58. The summed E-state index contributed by atoms with van der Waals surface area (Å²) in [6.07, 6.45) is 1.89. The van der Waals surface area contributed by atoms with E-state index in [0.717, 1.165) is 17.4 Å². The summed E-state index contributed by atoms with van der Waals surface area (Å²) in [7, 11) is 1.41. The number of esters is 1. The van der Waals surface area contributed by atoms with Crippen LogP contribution in [0.5, 0.6) is 0 Å². The van der Waals surface area contributed by atoms with E-state index in [1.54, 1.807) is 0 Å². The molecule has 0 N–H and O–H groups in total. The van der Waals surface area contributed by atoms with E-state index in [-0.39, 0.29) is 9.39 Å². The number of carbonyl (C=O) groups is 1. The van der Waals surface area contributed by atoms with Crippen molar-refractivity contribution in [3.05, 3.63) is 36.0 Å². The van der Waals surface area contributed by atoms with E-state index < -0.39 is 0 Å². The third-order valence-corrected chi connectivity index (χ3v) is 3.08. The molecule has 1 heterocycles. The molecule has 0 saturated carbocycles. The van der Waals surface area contributed by atoms with Crippen molar-refractivity contribution in [2.75, 3.05) is 7.11 Å². The van der Waals surface area contributed by atoms with Gasteiger partial charge in [0, 0.05) is 27.1 Å². The minimum Gasteiger partial charge on any atom is -0.465 e. The number of aromatic nitrogens is 1. The largest absolute Gasteiger partial charge is 0.465 e. The number of nitrogens with zero attached hydrogens (tertiary/aromatic N) is 1. The summed E-state index contributed by atoms with van der Waals surface area (Å²) < 4.78 is 7.08. The number of hydrogen-bond donors (Lipinski definition) is 0. The minimum atomic E-state index is -0.281. The maximum atomic E-state index is 11.8. The Bertz CT molecular complexity index is 581. The summed E-state index contributed by atoms with van der Waals surface area (Å²) in [6.45, 7) is 5.19. The molecule has 0 atom stereocenters. The molecular formula is C14H16INO2. The standard InChI is InChI=1S/C14H16INO2/c1-14(2,15)9-16-8-11(13(17)18-3)10-6-4-5-7-12(10)16/h4-8H,9H2,1-3H3. The first-order valence-corrected chi connectivity index (χ1v) is 6.85. The summed E-state index contributed by atoms with van der Waals surface area (Å²) in [5, 5.41) is 0.949. The van der Waals surface area contributed by atoms with Crippen molar-refractivity contribution in [1.82, 2.24) is 4.57 Å². The van der Waals surface area contributed by atoms with Crippen LogP contribution in [-0.2, 0) is 11.3 Å². The van der Waals surface area contributed by atoms with Crippen molar-refractivity contribution >= 4 is 39.5 Å². The van der Waals surface area contributed by atoms with Crippen LogP contribution < -0.4 is 0 Å². The lowest BCUT2D eigenvalue weighted by Crippen LogP contribution is -2.18. The van der Waals surface area contributed by atoms with Gasteiger partial charge < -0.3 is 9.30 Å². The van der Waals surface area contributed by atoms with Crippen LogP contribution >= 0.6 is 22.6 Å². The SMILES string of the molecule is COC(=O)c1cn(CC(C)(C)I)c2ccccc12. The smallest absolute Gasteiger partial charge is 0.340 e. The van der Waals surface area contributed by atoms with Crippen LogP contribution in [0.4, 0.5) is 0 Å². The molecule has 0 unspecified atom stereocenters. The van der Waals surface area contributed by atoms with Crippen molar-refractivity contribution in [3.8, 4) is 0 Å². The van der Waals surface area contributed by atoms with E-state index in [1.807, 2.05) is 30.5 Å². The van der Waals surface area contributed by atoms with Gasteiger partial charge in [0.25, 0.3) is 0 Å². The van der Waals surface area contributed by atoms with Crippen molar-refractivity contribution in [3.63, 3.8) is 0 Å². The number of para-hydroxylation sites is 1. The first-order chi connectivity index (χ1) is 8.42. The molecule has 3 nitrogen and oxygen atoms in total. The highest BCUT2D eigenvalue weighted by molar-refractivity contribution is 14.1. The van der Waals surface area contributed by atoms with E-state index in [1.165, 1.54) is 7.11 Å². The summed E-state index contributed by atoms with van der Waals surface area (Å²) in [6, 6.07) is 7.91. The second-order valence-corrected chi connectivity index (χ2v) is 7.82. The fourth-order valence-electron chi connectivity index (χ4n) is 2.06. The molecular weight excluding hydrogens is 341 g/mol. The van der Waals surface area contributed by atoms with Crippen LogP contribution in [0.1, 0.15) is 24.2 Å². The van der Waals surface area contributed by atoms with Crippen LogP contribution in [0.3, 0.4) is 0 Å². The minimum absolute atomic E-state index is 0.132. The third kappa shape index (κ3) is 2.68. The summed E-state index contributed by atoms with van der Waals surface area (Å²) in [5.41, 5.74) is 1.70. The average Bonchev–Trinajstić information content (AvgIpc) is 2.65. The number of ether oxygens (including phenoxy) is 1. The molecule has 1 aromatic heterocycles. The Morgan fingerprint density at radius 3 is 2.67 bits per heavy atom. The highest BCUT2D eigenvalue weighted by atomic mass is 127. The lowest BCUT2D eigenvalue weighted by atomic mass is 10.2. The van der Waals surface area contributed by atoms with Gasteiger partial charge in [-0.1, -0.05) is 40.8 Å². The molecule has 0 radical (unpaired) electrons. The van der Waals surface area contributed by atoms with Gasteiger partial charge in [-0.3, -0.25) is 0 Å². The van der Waals surface area contributed by atoms with E-state index in [9.17, 15) is 4.79 Å². The second-order valence-electron chi connectivity index (χ2n) is 4.90. The topological polar surface area (TPSA) is 31.2 Å². The van der Waals surface area contributed by atoms with Gasteiger partial charge in [-0.25, -0.2) is 4.79 Å². The van der Waals surface area contributed by atoms with Gasteiger partial charge in [0.15, 0.2) is 0 Å². The van der Waals surface area contributed by atoms with Gasteiger partial charge in [0.2, 0.25) is 0 Å². The van der Waals surface area contributed by atoms with Gasteiger partial charge >= 0.3 is 5.97 Å². The molecule has 0 saturated heterocycles. The zero-order chi connectivity index (χ0) is 13.3. The molecule has 2 aromatic rings. The molecule has 0 aliphatic carbocycles.